The van der Waals surface area contributed by atoms with Crippen LogP contribution in [0.2, 0.25) is 0 Å². The van der Waals surface area contributed by atoms with Gasteiger partial charge in [-0.1, -0.05) is 28.1 Å². The molecule has 3 rings (SSSR count). The van der Waals surface area contributed by atoms with Gasteiger partial charge < -0.3 is 10.4 Å². The first-order valence-electron chi connectivity index (χ1n) is 6.77. The summed E-state index contributed by atoms with van der Waals surface area (Å²) in [5.41, 5.74) is 2.72. The van der Waals surface area contributed by atoms with Gasteiger partial charge in [-0.2, -0.15) is 4.80 Å². The number of para-hydroxylation sites is 1. The quantitative estimate of drug-likeness (QED) is 0.732. The number of benzene rings is 2. The zero-order chi connectivity index (χ0) is 15.4. The standard InChI is InChI=1S/C15H14BrN5O/c16-11-5-7-12(8-6-11)17-14-4-2-1-3-13(14)15-18-20-21(19-15)9-10-22/h1-8,17,22H,9-10H2. The van der Waals surface area contributed by atoms with E-state index in [2.05, 4.69) is 36.7 Å². The van der Waals surface area contributed by atoms with Gasteiger partial charge >= 0.3 is 0 Å². The first kappa shape index (κ1) is 14.7. The Morgan fingerprint density at radius 3 is 2.64 bits per heavy atom. The van der Waals surface area contributed by atoms with Crippen molar-refractivity contribution >= 4 is 27.3 Å². The molecular weight excluding hydrogens is 346 g/mol. The Bertz CT molecular complexity index is 757. The second-order valence-electron chi connectivity index (χ2n) is 4.61. The predicted molar refractivity (Wildman–Crippen MR) is 87.8 cm³/mol. The van der Waals surface area contributed by atoms with Crippen LogP contribution in [0.1, 0.15) is 0 Å². The van der Waals surface area contributed by atoms with Crippen LogP contribution in [0.5, 0.6) is 0 Å². The van der Waals surface area contributed by atoms with Gasteiger partial charge in [0.05, 0.1) is 13.2 Å². The number of nitrogens with zero attached hydrogens (tertiary/aromatic N) is 4. The lowest BCUT2D eigenvalue weighted by Gasteiger charge is -2.09. The third kappa shape index (κ3) is 3.32. The molecule has 0 fully saturated rings. The number of halogens is 1. The molecule has 7 heteroatoms. The van der Waals surface area contributed by atoms with Gasteiger partial charge in [0.25, 0.3) is 0 Å². The highest BCUT2D eigenvalue weighted by Crippen LogP contribution is 2.28. The third-order valence-electron chi connectivity index (χ3n) is 3.04. The van der Waals surface area contributed by atoms with E-state index in [0.29, 0.717) is 12.4 Å². The fourth-order valence-electron chi connectivity index (χ4n) is 2.01. The predicted octanol–water partition coefficient (Wildman–Crippen LogP) is 2.84. The first-order chi connectivity index (χ1) is 10.8. The van der Waals surface area contributed by atoms with Crippen LogP contribution in [0.25, 0.3) is 11.4 Å². The SMILES string of the molecule is OCCn1nnc(-c2ccccc2Nc2ccc(Br)cc2)n1. The highest BCUT2D eigenvalue weighted by Gasteiger charge is 2.10. The molecule has 0 aliphatic carbocycles. The summed E-state index contributed by atoms with van der Waals surface area (Å²) >= 11 is 3.42. The van der Waals surface area contributed by atoms with Crippen LogP contribution in [0.4, 0.5) is 11.4 Å². The fourth-order valence-corrected chi connectivity index (χ4v) is 2.28. The second-order valence-corrected chi connectivity index (χ2v) is 5.53. The number of tetrazole rings is 1. The van der Waals surface area contributed by atoms with E-state index >= 15 is 0 Å². The molecule has 0 spiro atoms. The van der Waals surface area contributed by atoms with Gasteiger partial charge in [-0.3, -0.25) is 0 Å². The Kier molecular flexibility index (Phi) is 4.45. The zero-order valence-electron chi connectivity index (χ0n) is 11.6. The Balaban J connectivity index is 1.90. The van der Waals surface area contributed by atoms with E-state index in [-0.39, 0.29) is 6.61 Å². The zero-order valence-corrected chi connectivity index (χ0v) is 13.2. The minimum Gasteiger partial charge on any atom is -0.394 e. The molecule has 1 heterocycles. The number of hydrogen-bond donors (Lipinski definition) is 2. The summed E-state index contributed by atoms with van der Waals surface area (Å²) in [5, 5.41) is 24.5. The maximum absolute atomic E-state index is 8.93. The van der Waals surface area contributed by atoms with Crippen molar-refractivity contribution in [1.82, 2.24) is 20.2 Å². The van der Waals surface area contributed by atoms with Crippen LogP contribution in [0.3, 0.4) is 0 Å². The number of aliphatic hydroxyl groups is 1. The van der Waals surface area contributed by atoms with Crippen LogP contribution < -0.4 is 5.32 Å². The molecule has 1 aromatic heterocycles. The summed E-state index contributed by atoms with van der Waals surface area (Å²) in [7, 11) is 0. The summed E-state index contributed by atoms with van der Waals surface area (Å²) < 4.78 is 1.03. The van der Waals surface area contributed by atoms with Crippen LogP contribution in [0, 0.1) is 0 Å². The molecular formula is C15H14BrN5O. The van der Waals surface area contributed by atoms with E-state index in [4.69, 9.17) is 5.11 Å². The molecule has 0 aliphatic heterocycles. The van der Waals surface area contributed by atoms with Crippen molar-refractivity contribution in [2.75, 3.05) is 11.9 Å². The highest BCUT2D eigenvalue weighted by molar-refractivity contribution is 9.10. The number of aliphatic hydroxyl groups excluding tert-OH is 1. The minimum atomic E-state index is -0.0193. The largest absolute Gasteiger partial charge is 0.394 e. The maximum atomic E-state index is 8.93. The molecule has 0 bridgehead atoms. The van der Waals surface area contributed by atoms with Crippen molar-refractivity contribution in [3.63, 3.8) is 0 Å². The average Bonchev–Trinajstić information content (AvgIpc) is 2.99. The first-order valence-corrected chi connectivity index (χ1v) is 7.56. The van der Waals surface area contributed by atoms with Crippen molar-refractivity contribution in [2.45, 2.75) is 6.54 Å². The lowest BCUT2D eigenvalue weighted by Crippen LogP contribution is -2.05. The maximum Gasteiger partial charge on any atom is 0.207 e. The molecule has 0 aliphatic rings. The van der Waals surface area contributed by atoms with Crippen molar-refractivity contribution in [2.24, 2.45) is 0 Å². The number of aromatic nitrogens is 4. The van der Waals surface area contributed by atoms with Gasteiger partial charge in [0.15, 0.2) is 0 Å². The number of hydrogen-bond acceptors (Lipinski definition) is 5. The number of anilines is 2. The third-order valence-corrected chi connectivity index (χ3v) is 3.57. The number of rotatable bonds is 5. The summed E-state index contributed by atoms with van der Waals surface area (Å²) in [6.07, 6.45) is 0. The second kappa shape index (κ2) is 6.67. The molecule has 0 amide bonds. The van der Waals surface area contributed by atoms with Gasteiger partial charge in [0.2, 0.25) is 5.82 Å². The topological polar surface area (TPSA) is 75.9 Å². The molecule has 112 valence electrons. The van der Waals surface area contributed by atoms with Crippen molar-refractivity contribution in [3.05, 3.63) is 53.0 Å². The Labute approximate surface area is 135 Å². The van der Waals surface area contributed by atoms with E-state index in [1.807, 2.05) is 48.5 Å². The van der Waals surface area contributed by atoms with Crippen LogP contribution in [0.15, 0.2) is 53.0 Å². The van der Waals surface area contributed by atoms with E-state index in [0.717, 1.165) is 21.4 Å². The summed E-state index contributed by atoms with van der Waals surface area (Å²) in [5.74, 6) is 0.522. The fraction of sp³-hybridized carbons (Fsp3) is 0.133. The van der Waals surface area contributed by atoms with Gasteiger partial charge in [-0.15, -0.1) is 10.2 Å². The molecule has 3 aromatic rings. The normalized spacial score (nSPS) is 10.6. The Morgan fingerprint density at radius 1 is 1.09 bits per heavy atom. The van der Waals surface area contributed by atoms with Crippen LogP contribution >= 0.6 is 15.9 Å². The summed E-state index contributed by atoms with van der Waals surface area (Å²) in [4.78, 5) is 1.38. The smallest absolute Gasteiger partial charge is 0.207 e. The molecule has 0 saturated heterocycles. The van der Waals surface area contributed by atoms with Gasteiger partial charge in [-0.05, 0) is 41.6 Å². The van der Waals surface area contributed by atoms with Gasteiger partial charge in [0, 0.05) is 21.4 Å². The monoisotopic (exact) mass is 359 g/mol. The summed E-state index contributed by atoms with van der Waals surface area (Å²) in [6.45, 7) is 0.309. The number of nitrogens with one attached hydrogen (secondary N) is 1. The summed E-state index contributed by atoms with van der Waals surface area (Å²) in [6, 6.07) is 15.7. The van der Waals surface area contributed by atoms with E-state index in [9.17, 15) is 0 Å². The van der Waals surface area contributed by atoms with E-state index in [1.54, 1.807) is 0 Å². The average molecular weight is 360 g/mol. The Morgan fingerprint density at radius 2 is 1.86 bits per heavy atom. The molecule has 6 nitrogen and oxygen atoms in total. The molecule has 22 heavy (non-hydrogen) atoms. The molecule has 0 unspecified atom stereocenters. The van der Waals surface area contributed by atoms with Gasteiger partial charge in [-0.25, -0.2) is 0 Å². The Hall–Kier alpha value is -2.25. The van der Waals surface area contributed by atoms with Crippen LogP contribution in [-0.2, 0) is 6.54 Å². The van der Waals surface area contributed by atoms with Crippen molar-refractivity contribution < 1.29 is 5.11 Å². The van der Waals surface area contributed by atoms with E-state index in [1.165, 1.54) is 4.80 Å². The highest BCUT2D eigenvalue weighted by atomic mass is 79.9. The van der Waals surface area contributed by atoms with Gasteiger partial charge in [0.1, 0.15) is 0 Å². The van der Waals surface area contributed by atoms with Crippen molar-refractivity contribution in [3.8, 4) is 11.4 Å². The lowest BCUT2D eigenvalue weighted by atomic mass is 10.1. The minimum absolute atomic E-state index is 0.0193. The molecule has 0 radical (unpaired) electrons. The molecule has 0 saturated carbocycles. The van der Waals surface area contributed by atoms with Crippen LogP contribution in [-0.4, -0.2) is 31.9 Å². The molecule has 0 atom stereocenters. The van der Waals surface area contributed by atoms with Crippen molar-refractivity contribution in [1.29, 1.82) is 0 Å². The lowest BCUT2D eigenvalue weighted by molar-refractivity contribution is 0.259. The van der Waals surface area contributed by atoms with E-state index < -0.39 is 0 Å². The molecule has 2 N–H and O–H groups in total. The molecule has 2 aromatic carbocycles.